The fraction of sp³-hybridized carbons (Fsp3) is 0.0833. The van der Waals surface area contributed by atoms with Gasteiger partial charge in [-0.25, -0.2) is 4.79 Å². The van der Waals surface area contributed by atoms with Crippen molar-refractivity contribution in [1.82, 2.24) is 5.32 Å². The van der Waals surface area contributed by atoms with E-state index in [0.717, 1.165) is 0 Å². The molecule has 1 aliphatic heterocycles. The first kappa shape index (κ1) is 10.3. The van der Waals surface area contributed by atoms with Gasteiger partial charge in [0, 0.05) is 5.70 Å². The number of hydrogen-bond acceptors (Lipinski definition) is 3. The maximum absolute atomic E-state index is 11.4. The molecule has 1 aromatic carbocycles. The normalized spacial score (nSPS) is 13.6. The summed E-state index contributed by atoms with van der Waals surface area (Å²) < 4.78 is 10.0. The average molecular weight is 217 g/mol. The molecule has 0 fully saturated rings. The molecule has 0 aromatic heterocycles. The van der Waals surface area contributed by atoms with E-state index in [1.807, 2.05) is 6.07 Å². The zero-order valence-electron chi connectivity index (χ0n) is 8.55. The molecule has 4 heteroatoms. The number of ether oxygens (including phenoxy) is 2. The molecule has 0 aliphatic carbocycles. The molecule has 0 saturated heterocycles. The van der Waals surface area contributed by atoms with Crippen LogP contribution < -0.4 is 10.1 Å². The van der Waals surface area contributed by atoms with Crippen LogP contribution in [0.15, 0.2) is 54.4 Å². The van der Waals surface area contributed by atoms with E-state index in [1.165, 1.54) is 6.26 Å². The quantitative estimate of drug-likeness (QED) is 0.826. The summed E-state index contributed by atoms with van der Waals surface area (Å²) in [4.78, 5) is 11.4. The Kier molecular flexibility index (Phi) is 3.23. The lowest BCUT2D eigenvalue weighted by atomic mass is 10.3. The van der Waals surface area contributed by atoms with Crippen LogP contribution in [-0.4, -0.2) is 12.7 Å². The largest absolute Gasteiger partial charge is 0.497 e. The number of amides is 1. The SMILES string of the molecule is O=C(NC1=CCOC=C1)Oc1ccccc1. The first-order valence-corrected chi connectivity index (χ1v) is 4.87. The minimum Gasteiger partial charge on any atom is -0.497 e. The monoisotopic (exact) mass is 217 g/mol. The van der Waals surface area contributed by atoms with Gasteiger partial charge in [0.2, 0.25) is 0 Å². The average Bonchev–Trinajstić information content (AvgIpc) is 2.31. The minimum absolute atomic E-state index is 0.456. The van der Waals surface area contributed by atoms with Crippen LogP contribution in [0.25, 0.3) is 0 Å². The maximum Gasteiger partial charge on any atom is 0.417 e. The van der Waals surface area contributed by atoms with E-state index in [2.05, 4.69) is 5.32 Å². The zero-order chi connectivity index (χ0) is 11.2. The van der Waals surface area contributed by atoms with Crippen molar-refractivity contribution in [2.75, 3.05) is 6.61 Å². The highest BCUT2D eigenvalue weighted by Gasteiger charge is 2.06. The molecule has 1 N–H and O–H groups in total. The van der Waals surface area contributed by atoms with Crippen molar-refractivity contribution in [2.45, 2.75) is 0 Å². The van der Waals surface area contributed by atoms with Crippen molar-refractivity contribution in [3.8, 4) is 5.75 Å². The predicted octanol–water partition coefficient (Wildman–Crippen LogP) is 2.20. The van der Waals surface area contributed by atoms with Crippen LogP contribution in [-0.2, 0) is 4.74 Å². The summed E-state index contributed by atoms with van der Waals surface area (Å²) in [5.74, 6) is 0.511. The van der Waals surface area contributed by atoms with Gasteiger partial charge in [-0.15, -0.1) is 0 Å². The number of benzene rings is 1. The van der Waals surface area contributed by atoms with Crippen LogP contribution in [0.5, 0.6) is 5.75 Å². The Bertz CT molecular complexity index is 423. The first-order chi connectivity index (χ1) is 7.84. The molecule has 0 unspecified atom stereocenters. The lowest BCUT2D eigenvalue weighted by Gasteiger charge is -2.09. The second kappa shape index (κ2) is 5.02. The van der Waals surface area contributed by atoms with Gasteiger partial charge in [0.25, 0.3) is 0 Å². The maximum atomic E-state index is 11.4. The van der Waals surface area contributed by atoms with Crippen LogP contribution in [0.1, 0.15) is 0 Å². The molecule has 2 rings (SSSR count). The van der Waals surface area contributed by atoms with Crippen molar-refractivity contribution in [1.29, 1.82) is 0 Å². The molecule has 1 amide bonds. The summed E-state index contributed by atoms with van der Waals surface area (Å²) in [6.07, 6.45) is 4.43. The third kappa shape index (κ3) is 2.88. The molecule has 4 nitrogen and oxygen atoms in total. The van der Waals surface area contributed by atoms with E-state index < -0.39 is 6.09 Å². The smallest absolute Gasteiger partial charge is 0.417 e. The zero-order valence-corrected chi connectivity index (χ0v) is 8.55. The fourth-order valence-corrected chi connectivity index (χ4v) is 1.21. The molecular formula is C12H11NO3. The fourth-order valence-electron chi connectivity index (χ4n) is 1.21. The lowest BCUT2D eigenvalue weighted by Crippen LogP contribution is -2.26. The third-order valence-corrected chi connectivity index (χ3v) is 1.94. The van der Waals surface area contributed by atoms with Crippen LogP contribution in [0.2, 0.25) is 0 Å². The molecule has 1 heterocycles. The van der Waals surface area contributed by atoms with Crippen LogP contribution in [0.4, 0.5) is 4.79 Å². The minimum atomic E-state index is -0.510. The molecule has 16 heavy (non-hydrogen) atoms. The second-order valence-corrected chi connectivity index (χ2v) is 3.12. The second-order valence-electron chi connectivity index (χ2n) is 3.12. The summed E-state index contributed by atoms with van der Waals surface area (Å²) >= 11 is 0. The van der Waals surface area contributed by atoms with Crippen LogP contribution in [0, 0.1) is 0 Å². The highest BCUT2D eigenvalue weighted by molar-refractivity contribution is 5.73. The summed E-state index contributed by atoms with van der Waals surface area (Å²) in [5, 5.41) is 2.60. The standard InChI is InChI=1S/C12H11NO3/c14-12(13-10-6-8-15-9-7-10)16-11-4-2-1-3-5-11/h1-8H,9H2,(H,13,14). The molecule has 0 spiro atoms. The topological polar surface area (TPSA) is 47.6 Å². The van der Waals surface area contributed by atoms with E-state index in [-0.39, 0.29) is 0 Å². The Hall–Kier alpha value is -2.23. The van der Waals surface area contributed by atoms with E-state index in [9.17, 15) is 4.79 Å². The van der Waals surface area contributed by atoms with Gasteiger partial charge in [-0.3, -0.25) is 5.32 Å². The van der Waals surface area contributed by atoms with Gasteiger partial charge < -0.3 is 9.47 Å². The van der Waals surface area contributed by atoms with Crippen molar-refractivity contribution in [3.05, 3.63) is 54.4 Å². The van der Waals surface area contributed by atoms with Gasteiger partial charge >= 0.3 is 6.09 Å². The Balaban J connectivity index is 1.89. The Morgan fingerprint density at radius 2 is 2.12 bits per heavy atom. The molecular weight excluding hydrogens is 206 g/mol. The number of hydrogen-bond donors (Lipinski definition) is 1. The van der Waals surface area contributed by atoms with Crippen molar-refractivity contribution < 1.29 is 14.3 Å². The number of rotatable bonds is 2. The first-order valence-electron chi connectivity index (χ1n) is 4.87. The summed E-state index contributed by atoms with van der Waals surface area (Å²) in [6, 6.07) is 8.89. The van der Waals surface area contributed by atoms with Crippen LogP contribution >= 0.6 is 0 Å². The van der Waals surface area contributed by atoms with Crippen molar-refractivity contribution >= 4 is 6.09 Å². The van der Waals surface area contributed by atoms with Gasteiger partial charge in [0.1, 0.15) is 12.4 Å². The molecule has 1 aliphatic rings. The lowest BCUT2D eigenvalue weighted by molar-refractivity contribution is 0.203. The van der Waals surface area contributed by atoms with Crippen molar-refractivity contribution in [2.24, 2.45) is 0 Å². The van der Waals surface area contributed by atoms with E-state index in [1.54, 1.807) is 36.4 Å². The number of para-hydroxylation sites is 1. The summed E-state index contributed by atoms with van der Waals surface area (Å²) in [5.41, 5.74) is 0.673. The molecule has 0 bridgehead atoms. The molecule has 0 atom stereocenters. The molecule has 82 valence electrons. The van der Waals surface area contributed by atoms with E-state index in [0.29, 0.717) is 18.1 Å². The Morgan fingerprint density at radius 1 is 1.31 bits per heavy atom. The number of carbonyl (C=O) groups excluding carboxylic acids is 1. The van der Waals surface area contributed by atoms with Crippen LogP contribution in [0.3, 0.4) is 0 Å². The Morgan fingerprint density at radius 3 is 2.81 bits per heavy atom. The highest BCUT2D eigenvalue weighted by atomic mass is 16.6. The third-order valence-electron chi connectivity index (χ3n) is 1.94. The summed E-state index contributed by atoms with van der Waals surface area (Å²) in [7, 11) is 0. The molecule has 1 aromatic rings. The molecule has 0 radical (unpaired) electrons. The van der Waals surface area contributed by atoms with Gasteiger partial charge in [0.15, 0.2) is 0 Å². The van der Waals surface area contributed by atoms with Gasteiger partial charge in [-0.05, 0) is 24.3 Å². The van der Waals surface area contributed by atoms with Crippen molar-refractivity contribution in [3.63, 3.8) is 0 Å². The summed E-state index contributed by atoms with van der Waals surface area (Å²) in [6.45, 7) is 0.456. The van der Waals surface area contributed by atoms with E-state index >= 15 is 0 Å². The van der Waals surface area contributed by atoms with Gasteiger partial charge in [-0.2, -0.15) is 0 Å². The number of nitrogens with one attached hydrogen (secondary N) is 1. The van der Waals surface area contributed by atoms with E-state index in [4.69, 9.17) is 9.47 Å². The number of carbonyl (C=O) groups is 1. The Labute approximate surface area is 93.2 Å². The predicted molar refractivity (Wildman–Crippen MR) is 58.8 cm³/mol. The molecule has 0 saturated carbocycles. The van der Waals surface area contributed by atoms with Gasteiger partial charge in [-0.1, -0.05) is 18.2 Å². The van der Waals surface area contributed by atoms with Gasteiger partial charge in [0.05, 0.1) is 6.26 Å². The highest BCUT2D eigenvalue weighted by Crippen LogP contribution is 2.09. The number of allylic oxidation sites excluding steroid dienone is 1.